The molecule has 2 aliphatic heterocycles. The molecule has 0 bridgehead atoms. The molecule has 2 aliphatic rings. The van der Waals surface area contributed by atoms with Crippen molar-refractivity contribution in [1.29, 1.82) is 5.41 Å². The molecule has 0 aromatic heterocycles. The van der Waals surface area contributed by atoms with Crippen molar-refractivity contribution in [1.82, 2.24) is 16.0 Å². The van der Waals surface area contributed by atoms with Crippen molar-refractivity contribution in [2.45, 2.75) is 32.0 Å². The average Bonchev–Trinajstić information content (AvgIpc) is 3.31. The first-order valence-electron chi connectivity index (χ1n) is 12.6. The maximum absolute atomic E-state index is 12.9. The lowest BCUT2D eigenvalue weighted by atomic mass is 10.1. The molecular weight excluding hydrogens is 482 g/mol. The zero-order chi connectivity index (χ0) is 26.9. The van der Waals surface area contributed by atoms with Crippen molar-refractivity contribution in [3.8, 4) is 5.75 Å². The molecule has 0 aliphatic carbocycles. The van der Waals surface area contributed by atoms with E-state index in [0.29, 0.717) is 32.5 Å². The van der Waals surface area contributed by atoms with E-state index >= 15 is 0 Å². The quantitative estimate of drug-likeness (QED) is 0.120. The van der Waals surface area contributed by atoms with Crippen molar-refractivity contribution >= 4 is 29.2 Å². The van der Waals surface area contributed by atoms with Crippen molar-refractivity contribution < 1.29 is 9.53 Å². The lowest BCUT2D eigenvalue weighted by Crippen LogP contribution is -2.51. The molecule has 4 rings (SSSR count). The first kappa shape index (κ1) is 26.6. The lowest BCUT2D eigenvalue weighted by molar-refractivity contribution is 0.244. The summed E-state index contributed by atoms with van der Waals surface area (Å²) in [6, 6.07) is 15.5. The second-order valence-corrected chi connectivity index (χ2v) is 9.09. The number of aliphatic imine (C=N–C) groups is 1. The van der Waals surface area contributed by atoms with Gasteiger partial charge in [0.05, 0.1) is 18.1 Å². The van der Waals surface area contributed by atoms with E-state index in [-0.39, 0.29) is 24.0 Å². The predicted molar refractivity (Wildman–Crippen MR) is 151 cm³/mol. The minimum atomic E-state index is -0.295. The maximum atomic E-state index is 12.9. The molecule has 2 amide bonds. The molecule has 2 heterocycles. The molecule has 0 saturated carbocycles. The van der Waals surface area contributed by atoms with Gasteiger partial charge in [0.2, 0.25) is 0 Å². The standard InChI is InChI=1S/C27H35N9O2/c28-24(29)6-2-13-38-22-5-1-4-19(14-22)23-15-20-17-36(27(37)35-25(20)34-23)21-9-7-18(8-10-21)16-32-11-3-12-33-26(30)31/h1,4-5,7-10,14-15,17,25,32,34H,2-3,6,11-13,16H2,(H3,28,29)(H,35,37)(H4,30,31,33). The number of nitrogens with two attached hydrogens (primary N) is 3. The minimum absolute atomic E-state index is 0.112. The molecule has 0 radical (unpaired) electrons. The molecule has 2 aromatic carbocycles. The van der Waals surface area contributed by atoms with Gasteiger partial charge in [-0.25, -0.2) is 4.79 Å². The largest absolute Gasteiger partial charge is 0.494 e. The first-order chi connectivity index (χ1) is 18.4. The summed E-state index contributed by atoms with van der Waals surface area (Å²) in [5.74, 6) is 1.02. The van der Waals surface area contributed by atoms with Gasteiger partial charge in [0.15, 0.2) is 5.96 Å². The van der Waals surface area contributed by atoms with E-state index in [0.717, 1.165) is 46.8 Å². The van der Waals surface area contributed by atoms with Crippen LogP contribution in [0.5, 0.6) is 5.75 Å². The fraction of sp³-hybridized carbons (Fsp3) is 0.296. The number of amidine groups is 1. The molecule has 200 valence electrons. The van der Waals surface area contributed by atoms with Gasteiger partial charge in [-0.2, -0.15) is 0 Å². The number of carbonyl (C=O) groups excluding carboxylic acids is 1. The van der Waals surface area contributed by atoms with Crippen LogP contribution in [0.1, 0.15) is 30.4 Å². The fourth-order valence-electron chi connectivity index (χ4n) is 4.15. The van der Waals surface area contributed by atoms with Gasteiger partial charge in [0.1, 0.15) is 11.9 Å². The summed E-state index contributed by atoms with van der Waals surface area (Å²) >= 11 is 0. The van der Waals surface area contributed by atoms with Gasteiger partial charge in [-0.3, -0.25) is 15.3 Å². The van der Waals surface area contributed by atoms with Crippen LogP contribution < -0.4 is 42.8 Å². The number of nitrogens with one attached hydrogen (secondary N) is 4. The highest BCUT2D eigenvalue weighted by Crippen LogP contribution is 2.29. The summed E-state index contributed by atoms with van der Waals surface area (Å²) in [5, 5.41) is 17.1. The molecular formula is C27H35N9O2. The highest BCUT2D eigenvalue weighted by atomic mass is 16.5. The number of benzene rings is 2. The van der Waals surface area contributed by atoms with Crippen molar-refractivity contribution in [2.75, 3.05) is 24.6 Å². The normalized spacial score (nSPS) is 16.1. The third-order valence-corrected chi connectivity index (χ3v) is 6.06. The molecule has 1 atom stereocenters. The Morgan fingerprint density at radius 1 is 1.11 bits per heavy atom. The summed E-state index contributed by atoms with van der Waals surface area (Å²) < 4.78 is 5.81. The smallest absolute Gasteiger partial charge is 0.327 e. The maximum Gasteiger partial charge on any atom is 0.327 e. The van der Waals surface area contributed by atoms with Gasteiger partial charge >= 0.3 is 6.03 Å². The molecule has 0 fully saturated rings. The molecule has 11 nitrogen and oxygen atoms in total. The van der Waals surface area contributed by atoms with Crippen molar-refractivity contribution in [3.63, 3.8) is 0 Å². The summed E-state index contributed by atoms with van der Waals surface area (Å²) in [7, 11) is 0. The average molecular weight is 518 g/mol. The number of fused-ring (bicyclic) bond motifs is 1. The van der Waals surface area contributed by atoms with Gasteiger partial charge in [-0.05, 0) is 55.3 Å². The molecule has 1 unspecified atom stereocenters. The van der Waals surface area contributed by atoms with E-state index in [1.165, 1.54) is 0 Å². The van der Waals surface area contributed by atoms with Crippen LogP contribution >= 0.6 is 0 Å². The van der Waals surface area contributed by atoms with Gasteiger partial charge in [0, 0.05) is 42.5 Å². The Morgan fingerprint density at radius 3 is 2.68 bits per heavy atom. The second kappa shape index (κ2) is 12.6. The summed E-state index contributed by atoms with van der Waals surface area (Å²) in [5.41, 5.74) is 20.8. The molecule has 38 heavy (non-hydrogen) atoms. The van der Waals surface area contributed by atoms with E-state index in [2.05, 4.69) is 20.9 Å². The Bertz CT molecular complexity index is 1230. The molecule has 0 saturated heterocycles. The second-order valence-electron chi connectivity index (χ2n) is 9.09. The van der Waals surface area contributed by atoms with Gasteiger partial charge in [-0.15, -0.1) is 0 Å². The van der Waals surface area contributed by atoms with Crippen molar-refractivity contribution in [2.24, 2.45) is 22.2 Å². The van der Waals surface area contributed by atoms with Crippen LogP contribution in [-0.4, -0.2) is 43.7 Å². The predicted octanol–water partition coefficient (Wildman–Crippen LogP) is 1.92. The van der Waals surface area contributed by atoms with E-state index in [1.54, 1.807) is 4.90 Å². The summed E-state index contributed by atoms with van der Waals surface area (Å²) in [6.07, 6.45) is 5.65. The number of guanidine groups is 1. The van der Waals surface area contributed by atoms with Crippen LogP contribution in [-0.2, 0) is 6.54 Å². The number of rotatable bonds is 13. The van der Waals surface area contributed by atoms with Crippen LogP contribution in [0.3, 0.4) is 0 Å². The van der Waals surface area contributed by atoms with Crippen LogP contribution in [0.4, 0.5) is 10.5 Å². The highest BCUT2D eigenvalue weighted by Gasteiger charge is 2.31. The van der Waals surface area contributed by atoms with Crippen LogP contribution in [0.15, 0.2) is 71.4 Å². The van der Waals surface area contributed by atoms with E-state index in [9.17, 15) is 4.79 Å². The Balaban J connectivity index is 1.36. The number of ether oxygens (including phenoxy) is 1. The number of nitrogens with zero attached hydrogens (tertiary/aromatic N) is 2. The zero-order valence-electron chi connectivity index (χ0n) is 21.2. The monoisotopic (exact) mass is 517 g/mol. The molecule has 10 N–H and O–H groups in total. The number of amides is 2. The van der Waals surface area contributed by atoms with E-state index < -0.39 is 0 Å². The van der Waals surface area contributed by atoms with Crippen LogP contribution in [0.25, 0.3) is 5.70 Å². The lowest BCUT2D eigenvalue weighted by Gasteiger charge is -2.29. The SMILES string of the molecule is N=C(N)CCCOc1cccc(C2=CC3=CN(c4ccc(CNCCCN=C(N)N)cc4)C(=O)NC3N2)c1. The topological polar surface area (TPSA) is 180 Å². The summed E-state index contributed by atoms with van der Waals surface area (Å²) in [4.78, 5) is 18.4. The van der Waals surface area contributed by atoms with E-state index in [1.807, 2.05) is 60.8 Å². The number of hydrogen-bond acceptors (Lipinski definition) is 6. The fourth-order valence-corrected chi connectivity index (χ4v) is 4.15. The number of carbonyl (C=O) groups is 1. The Kier molecular flexibility index (Phi) is 8.83. The molecule has 2 aromatic rings. The van der Waals surface area contributed by atoms with Crippen LogP contribution in [0, 0.1) is 5.41 Å². The van der Waals surface area contributed by atoms with Gasteiger partial charge in [-0.1, -0.05) is 24.3 Å². The zero-order valence-corrected chi connectivity index (χ0v) is 21.2. The third kappa shape index (κ3) is 7.26. The van der Waals surface area contributed by atoms with Crippen molar-refractivity contribution in [3.05, 3.63) is 77.5 Å². The Morgan fingerprint density at radius 2 is 1.92 bits per heavy atom. The highest BCUT2D eigenvalue weighted by molar-refractivity contribution is 5.96. The third-order valence-electron chi connectivity index (χ3n) is 6.06. The number of urea groups is 1. The van der Waals surface area contributed by atoms with Crippen LogP contribution in [0.2, 0.25) is 0 Å². The number of anilines is 1. The first-order valence-corrected chi connectivity index (χ1v) is 12.6. The molecule has 0 spiro atoms. The van der Waals surface area contributed by atoms with Gasteiger partial charge in [0.25, 0.3) is 0 Å². The van der Waals surface area contributed by atoms with Gasteiger partial charge < -0.3 is 37.9 Å². The Hall–Kier alpha value is -4.51. The molecule has 11 heteroatoms. The number of hydrogen-bond donors (Lipinski definition) is 7. The summed E-state index contributed by atoms with van der Waals surface area (Å²) in [6.45, 7) is 2.60. The Labute approximate surface area is 222 Å². The minimum Gasteiger partial charge on any atom is -0.494 e. The van der Waals surface area contributed by atoms with E-state index in [4.69, 9.17) is 27.3 Å².